The fraction of sp³-hybridized carbons (Fsp3) is 0.600. The molecule has 0 amide bonds. The highest BCUT2D eigenvalue weighted by molar-refractivity contribution is 9.10. The molecule has 0 bridgehead atoms. The number of rotatable bonds is 7. The highest BCUT2D eigenvalue weighted by atomic mass is 79.9. The quantitative estimate of drug-likeness (QED) is 0.764. The van der Waals surface area contributed by atoms with Crippen LogP contribution >= 0.6 is 15.9 Å². The molecule has 18 heavy (non-hydrogen) atoms. The summed E-state index contributed by atoms with van der Waals surface area (Å²) in [5, 5.41) is 3.47. The lowest BCUT2D eigenvalue weighted by molar-refractivity contribution is -0.0142. The lowest BCUT2D eigenvalue weighted by atomic mass is 9.77. The predicted octanol–water partition coefficient (Wildman–Crippen LogP) is 4.14. The second kappa shape index (κ2) is 6.58. The number of nitrogens with one attached hydrogen (secondary N) is 1. The Hall–Kier alpha value is -0.540. The molecular formula is C15H22BrNO. The van der Waals surface area contributed by atoms with Crippen molar-refractivity contribution in [3.05, 3.63) is 28.7 Å². The molecule has 1 aliphatic carbocycles. The monoisotopic (exact) mass is 311 g/mol. The number of ether oxygens (including phenoxy) is 1. The average molecular weight is 312 g/mol. The van der Waals surface area contributed by atoms with E-state index in [9.17, 15) is 0 Å². The molecule has 100 valence electrons. The molecule has 0 unspecified atom stereocenters. The second-order valence-electron chi connectivity index (χ2n) is 5.10. The Labute approximate surface area is 118 Å². The summed E-state index contributed by atoms with van der Waals surface area (Å²) in [5.41, 5.74) is 0.0849. The Kier molecular flexibility index (Phi) is 5.07. The van der Waals surface area contributed by atoms with Gasteiger partial charge in [-0.25, -0.2) is 0 Å². The van der Waals surface area contributed by atoms with Crippen molar-refractivity contribution in [3.8, 4) is 5.75 Å². The van der Waals surface area contributed by atoms with Gasteiger partial charge in [0.1, 0.15) is 11.4 Å². The molecule has 0 spiro atoms. The summed E-state index contributed by atoms with van der Waals surface area (Å²) in [6.07, 6.45) is 5.97. The second-order valence-corrected chi connectivity index (χ2v) is 6.01. The zero-order valence-corrected chi connectivity index (χ0v) is 12.6. The lowest BCUT2D eigenvalue weighted by Gasteiger charge is -2.42. The molecule has 1 fully saturated rings. The van der Waals surface area contributed by atoms with Crippen LogP contribution in [0.1, 0.15) is 39.0 Å². The molecule has 1 aromatic carbocycles. The normalized spacial score (nSPS) is 17.2. The molecule has 0 saturated heterocycles. The van der Waals surface area contributed by atoms with E-state index in [0.29, 0.717) is 0 Å². The first-order valence-electron chi connectivity index (χ1n) is 6.89. The molecule has 0 radical (unpaired) electrons. The largest absolute Gasteiger partial charge is 0.487 e. The smallest absolute Gasteiger partial charge is 0.121 e. The van der Waals surface area contributed by atoms with Crippen LogP contribution in [0.4, 0.5) is 0 Å². The third-order valence-electron chi connectivity index (χ3n) is 3.58. The number of hydrogen-bond donors (Lipinski definition) is 1. The minimum atomic E-state index is 0.0849. The van der Waals surface area contributed by atoms with Crippen molar-refractivity contribution < 1.29 is 4.74 Å². The molecule has 0 aromatic heterocycles. The zero-order valence-electron chi connectivity index (χ0n) is 11.0. The van der Waals surface area contributed by atoms with Gasteiger partial charge in [0.15, 0.2) is 0 Å². The minimum absolute atomic E-state index is 0.0849. The van der Waals surface area contributed by atoms with Crippen LogP contribution in [0.15, 0.2) is 28.7 Å². The van der Waals surface area contributed by atoms with Crippen LogP contribution in [0, 0.1) is 0 Å². The Morgan fingerprint density at radius 2 is 2.17 bits per heavy atom. The third-order valence-corrected chi connectivity index (χ3v) is 4.07. The Morgan fingerprint density at radius 3 is 2.78 bits per heavy atom. The average Bonchev–Trinajstić information content (AvgIpc) is 2.31. The molecule has 1 aliphatic rings. The van der Waals surface area contributed by atoms with Crippen LogP contribution in [0.25, 0.3) is 0 Å². The molecule has 1 N–H and O–H groups in total. The number of hydrogen-bond acceptors (Lipinski definition) is 2. The van der Waals surface area contributed by atoms with Crippen molar-refractivity contribution in [2.45, 2.75) is 44.6 Å². The summed E-state index contributed by atoms with van der Waals surface area (Å²) in [7, 11) is 0. The minimum Gasteiger partial charge on any atom is -0.487 e. The maximum Gasteiger partial charge on any atom is 0.121 e. The first-order chi connectivity index (χ1) is 8.74. The van der Waals surface area contributed by atoms with Gasteiger partial charge in [0, 0.05) is 4.47 Å². The Bertz CT molecular complexity index is 377. The molecule has 3 heteroatoms. The van der Waals surface area contributed by atoms with Crippen molar-refractivity contribution >= 4 is 15.9 Å². The highest BCUT2D eigenvalue weighted by Gasteiger charge is 2.38. The molecule has 1 aromatic rings. The van der Waals surface area contributed by atoms with E-state index in [-0.39, 0.29) is 5.60 Å². The molecule has 2 nitrogen and oxygen atoms in total. The van der Waals surface area contributed by atoms with Crippen LogP contribution in [-0.2, 0) is 0 Å². The summed E-state index contributed by atoms with van der Waals surface area (Å²) in [4.78, 5) is 0. The van der Waals surface area contributed by atoms with Gasteiger partial charge < -0.3 is 10.1 Å². The lowest BCUT2D eigenvalue weighted by Crippen LogP contribution is -2.45. The van der Waals surface area contributed by atoms with E-state index < -0.39 is 0 Å². The predicted molar refractivity (Wildman–Crippen MR) is 79.1 cm³/mol. The molecule has 0 aliphatic heterocycles. The topological polar surface area (TPSA) is 21.3 Å². The molecule has 2 rings (SSSR count). The van der Waals surface area contributed by atoms with E-state index in [0.717, 1.165) is 29.7 Å². The van der Waals surface area contributed by atoms with Gasteiger partial charge in [-0.2, -0.15) is 0 Å². The van der Waals surface area contributed by atoms with Gasteiger partial charge in [0.25, 0.3) is 0 Å². The van der Waals surface area contributed by atoms with E-state index >= 15 is 0 Å². The summed E-state index contributed by atoms with van der Waals surface area (Å²) < 4.78 is 7.31. The number of benzene rings is 1. The van der Waals surface area contributed by atoms with Gasteiger partial charge in [0.05, 0.1) is 0 Å². The maximum absolute atomic E-state index is 6.23. The van der Waals surface area contributed by atoms with Crippen LogP contribution < -0.4 is 10.1 Å². The standard InChI is InChI=1S/C15H22BrNO/c1-2-10-17-11-9-15(7-4-8-15)18-14-6-3-5-13(16)12-14/h3,5-6,12,17H,2,4,7-11H2,1H3. The van der Waals surface area contributed by atoms with Crippen molar-refractivity contribution in [1.29, 1.82) is 0 Å². The Morgan fingerprint density at radius 1 is 1.33 bits per heavy atom. The van der Waals surface area contributed by atoms with E-state index in [2.05, 4.69) is 34.2 Å². The van der Waals surface area contributed by atoms with Gasteiger partial charge in [-0.3, -0.25) is 0 Å². The van der Waals surface area contributed by atoms with Crippen LogP contribution in [0.3, 0.4) is 0 Å². The fourth-order valence-electron chi connectivity index (χ4n) is 2.37. The van der Waals surface area contributed by atoms with E-state index in [1.165, 1.54) is 25.7 Å². The maximum atomic E-state index is 6.23. The van der Waals surface area contributed by atoms with E-state index in [4.69, 9.17) is 4.74 Å². The summed E-state index contributed by atoms with van der Waals surface area (Å²) in [6, 6.07) is 8.16. The van der Waals surface area contributed by atoms with Crippen molar-refractivity contribution in [2.24, 2.45) is 0 Å². The van der Waals surface area contributed by atoms with Gasteiger partial charge in [-0.1, -0.05) is 28.9 Å². The van der Waals surface area contributed by atoms with Crippen LogP contribution in [0.2, 0.25) is 0 Å². The van der Waals surface area contributed by atoms with Crippen molar-refractivity contribution in [2.75, 3.05) is 13.1 Å². The fourth-order valence-corrected chi connectivity index (χ4v) is 2.75. The van der Waals surface area contributed by atoms with Gasteiger partial charge in [-0.15, -0.1) is 0 Å². The highest BCUT2D eigenvalue weighted by Crippen LogP contribution is 2.39. The Balaban J connectivity index is 1.88. The number of halogens is 1. The molecule has 0 heterocycles. The van der Waals surface area contributed by atoms with Gasteiger partial charge in [-0.05, 0) is 63.4 Å². The summed E-state index contributed by atoms with van der Waals surface area (Å²) >= 11 is 3.49. The molecule has 0 atom stereocenters. The van der Waals surface area contributed by atoms with Gasteiger partial charge in [0.2, 0.25) is 0 Å². The van der Waals surface area contributed by atoms with Gasteiger partial charge >= 0.3 is 0 Å². The first-order valence-corrected chi connectivity index (χ1v) is 7.69. The van der Waals surface area contributed by atoms with Crippen LogP contribution in [0.5, 0.6) is 5.75 Å². The van der Waals surface area contributed by atoms with E-state index in [1.807, 2.05) is 18.2 Å². The molecule has 1 saturated carbocycles. The molecular weight excluding hydrogens is 290 g/mol. The third kappa shape index (κ3) is 3.72. The van der Waals surface area contributed by atoms with Crippen molar-refractivity contribution in [1.82, 2.24) is 5.32 Å². The van der Waals surface area contributed by atoms with Crippen molar-refractivity contribution in [3.63, 3.8) is 0 Å². The van der Waals surface area contributed by atoms with Crippen LogP contribution in [-0.4, -0.2) is 18.7 Å². The zero-order chi connectivity index (χ0) is 12.8. The first kappa shape index (κ1) is 13.9. The summed E-state index contributed by atoms with van der Waals surface area (Å²) in [5.74, 6) is 0.986. The van der Waals surface area contributed by atoms with E-state index in [1.54, 1.807) is 0 Å². The SMILES string of the molecule is CCCNCCC1(Oc2cccc(Br)c2)CCC1. The summed E-state index contributed by atoms with van der Waals surface area (Å²) in [6.45, 7) is 4.36.